The summed E-state index contributed by atoms with van der Waals surface area (Å²) < 4.78 is 11.2. The molecule has 1 amide bonds. The van der Waals surface area contributed by atoms with E-state index in [9.17, 15) is 4.79 Å². The molecule has 4 rings (SSSR count). The zero-order valence-corrected chi connectivity index (χ0v) is 16.0. The van der Waals surface area contributed by atoms with E-state index in [4.69, 9.17) is 9.15 Å². The molecule has 2 fully saturated rings. The van der Waals surface area contributed by atoms with Gasteiger partial charge in [0.15, 0.2) is 0 Å². The molecular weight excluding hydrogens is 352 g/mol. The SMILES string of the molecule is CC(C)c1nnc(N2CCOC3(CCN(C(=O)c4ccoc4)CC3)C2)s1. The van der Waals surface area contributed by atoms with Crippen LogP contribution < -0.4 is 4.90 Å². The van der Waals surface area contributed by atoms with Crippen molar-refractivity contribution in [2.75, 3.05) is 37.7 Å². The van der Waals surface area contributed by atoms with Gasteiger partial charge in [0.25, 0.3) is 5.91 Å². The van der Waals surface area contributed by atoms with E-state index in [1.165, 1.54) is 12.5 Å². The van der Waals surface area contributed by atoms with Crippen LogP contribution in [0, 0.1) is 0 Å². The number of furan rings is 1. The van der Waals surface area contributed by atoms with Crippen LogP contribution in [0.25, 0.3) is 0 Å². The summed E-state index contributed by atoms with van der Waals surface area (Å²) in [5.74, 6) is 0.431. The first-order valence-corrected chi connectivity index (χ1v) is 9.92. The summed E-state index contributed by atoms with van der Waals surface area (Å²) >= 11 is 1.67. The zero-order valence-electron chi connectivity index (χ0n) is 15.2. The lowest BCUT2D eigenvalue weighted by molar-refractivity contribution is -0.0868. The van der Waals surface area contributed by atoms with E-state index in [2.05, 4.69) is 28.9 Å². The lowest BCUT2D eigenvalue weighted by atomic mass is 9.89. The van der Waals surface area contributed by atoms with Crippen LogP contribution in [0.3, 0.4) is 0 Å². The number of nitrogens with zero attached hydrogens (tertiary/aromatic N) is 4. The van der Waals surface area contributed by atoms with Crippen molar-refractivity contribution in [3.8, 4) is 0 Å². The summed E-state index contributed by atoms with van der Waals surface area (Å²) in [4.78, 5) is 16.7. The summed E-state index contributed by atoms with van der Waals surface area (Å²) in [6.07, 6.45) is 4.72. The molecule has 0 unspecified atom stereocenters. The highest BCUT2D eigenvalue weighted by atomic mass is 32.1. The molecule has 0 radical (unpaired) electrons. The first-order valence-electron chi connectivity index (χ1n) is 9.10. The van der Waals surface area contributed by atoms with Gasteiger partial charge in [0.05, 0.1) is 24.0 Å². The number of rotatable bonds is 3. The van der Waals surface area contributed by atoms with Crippen LogP contribution in [0.5, 0.6) is 0 Å². The van der Waals surface area contributed by atoms with Crippen molar-refractivity contribution < 1.29 is 13.9 Å². The number of piperidine rings is 1. The number of anilines is 1. The Kier molecular flexibility index (Phi) is 4.71. The summed E-state index contributed by atoms with van der Waals surface area (Å²) in [7, 11) is 0. The van der Waals surface area contributed by atoms with Crippen LogP contribution in [0.1, 0.15) is 48.0 Å². The molecule has 8 heteroatoms. The molecule has 140 valence electrons. The lowest BCUT2D eigenvalue weighted by Crippen LogP contribution is -2.57. The molecule has 7 nitrogen and oxygen atoms in total. The average molecular weight is 376 g/mol. The number of ether oxygens (including phenoxy) is 1. The summed E-state index contributed by atoms with van der Waals surface area (Å²) in [5, 5.41) is 10.7. The Bertz CT molecular complexity index is 750. The third-order valence-electron chi connectivity index (χ3n) is 5.17. The highest BCUT2D eigenvalue weighted by Gasteiger charge is 2.41. The number of hydrogen-bond donors (Lipinski definition) is 0. The summed E-state index contributed by atoms with van der Waals surface area (Å²) in [6.45, 7) is 8.01. The van der Waals surface area contributed by atoms with E-state index < -0.39 is 0 Å². The normalized spacial score (nSPS) is 20.1. The maximum absolute atomic E-state index is 12.5. The molecule has 2 aliphatic heterocycles. The van der Waals surface area contributed by atoms with E-state index in [0.717, 1.165) is 36.1 Å². The molecular formula is C18H24N4O3S. The van der Waals surface area contributed by atoms with Crippen molar-refractivity contribution in [3.63, 3.8) is 0 Å². The second-order valence-corrected chi connectivity index (χ2v) is 8.32. The van der Waals surface area contributed by atoms with Gasteiger partial charge in [-0.1, -0.05) is 25.2 Å². The quantitative estimate of drug-likeness (QED) is 0.820. The largest absolute Gasteiger partial charge is 0.472 e. The minimum Gasteiger partial charge on any atom is -0.472 e. The molecule has 2 aromatic heterocycles. The van der Waals surface area contributed by atoms with E-state index in [0.29, 0.717) is 31.2 Å². The predicted molar refractivity (Wildman–Crippen MR) is 98.7 cm³/mol. The maximum Gasteiger partial charge on any atom is 0.257 e. The van der Waals surface area contributed by atoms with Crippen molar-refractivity contribution >= 4 is 22.4 Å². The van der Waals surface area contributed by atoms with Gasteiger partial charge in [-0.3, -0.25) is 4.79 Å². The fourth-order valence-electron chi connectivity index (χ4n) is 3.58. The molecule has 2 aromatic rings. The van der Waals surface area contributed by atoms with Crippen LogP contribution in [-0.4, -0.2) is 59.4 Å². The second-order valence-electron chi connectivity index (χ2n) is 7.33. The number of aromatic nitrogens is 2. The number of carbonyl (C=O) groups excluding carboxylic acids is 1. The predicted octanol–water partition coefficient (Wildman–Crippen LogP) is 2.77. The molecule has 0 aliphatic carbocycles. The highest BCUT2D eigenvalue weighted by Crippen LogP contribution is 2.34. The molecule has 0 aromatic carbocycles. The second kappa shape index (κ2) is 7.00. The van der Waals surface area contributed by atoms with Gasteiger partial charge in [0.2, 0.25) is 5.13 Å². The molecule has 2 aliphatic rings. The third-order valence-corrected chi connectivity index (χ3v) is 6.46. The van der Waals surface area contributed by atoms with Gasteiger partial charge < -0.3 is 19.0 Å². The average Bonchev–Trinajstić information content (AvgIpc) is 3.34. The van der Waals surface area contributed by atoms with Gasteiger partial charge >= 0.3 is 0 Å². The topological polar surface area (TPSA) is 71.7 Å². The van der Waals surface area contributed by atoms with Gasteiger partial charge in [-0.2, -0.15) is 0 Å². The maximum atomic E-state index is 12.5. The fourth-order valence-corrected chi connectivity index (χ4v) is 4.46. The molecule has 0 atom stereocenters. The van der Waals surface area contributed by atoms with Crippen LogP contribution in [0.4, 0.5) is 5.13 Å². The first-order chi connectivity index (χ1) is 12.6. The number of morpholine rings is 1. The van der Waals surface area contributed by atoms with Crippen molar-refractivity contribution in [3.05, 3.63) is 29.2 Å². The smallest absolute Gasteiger partial charge is 0.257 e. The molecule has 0 saturated carbocycles. The lowest BCUT2D eigenvalue weighted by Gasteiger charge is -2.47. The monoisotopic (exact) mass is 376 g/mol. The van der Waals surface area contributed by atoms with Crippen LogP contribution in [0.15, 0.2) is 23.0 Å². The molecule has 0 N–H and O–H groups in total. The summed E-state index contributed by atoms with van der Waals surface area (Å²) in [5.41, 5.74) is 0.414. The van der Waals surface area contributed by atoms with Crippen molar-refractivity contribution in [2.45, 2.75) is 38.2 Å². The number of amides is 1. The van der Waals surface area contributed by atoms with Gasteiger partial charge in [0, 0.05) is 32.1 Å². The molecule has 2 saturated heterocycles. The Labute approximate surface area is 156 Å². The molecule has 0 bridgehead atoms. The van der Waals surface area contributed by atoms with Crippen LogP contribution >= 0.6 is 11.3 Å². The molecule has 4 heterocycles. The number of likely N-dealkylation sites (tertiary alicyclic amines) is 1. The third kappa shape index (κ3) is 3.35. The standard InChI is InChI=1S/C18H24N4O3S/c1-13(2)15-19-20-17(26-15)22-8-10-25-18(12-22)4-6-21(7-5-18)16(23)14-3-9-24-11-14/h3,9,11,13H,4-8,10,12H2,1-2H3. The first kappa shape index (κ1) is 17.5. The fraction of sp³-hybridized carbons (Fsp3) is 0.611. The Hall–Kier alpha value is -1.93. The van der Waals surface area contributed by atoms with Crippen molar-refractivity contribution in [1.82, 2.24) is 15.1 Å². The van der Waals surface area contributed by atoms with E-state index in [1.807, 2.05) is 4.90 Å². The molecule has 1 spiro atoms. The Morgan fingerprint density at radius 1 is 1.27 bits per heavy atom. The van der Waals surface area contributed by atoms with Crippen molar-refractivity contribution in [2.24, 2.45) is 0 Å². The van der Waals surface area contributed by atoms with Gasteiger partial charge in [-0.05, 0) is 18.9 Å². The number of hydrogen-bond acceptors (Lipinski definition) is 7. The van der Waals surface area contributed by atoms with E-state index in [-0.39, 0.29) is 11.5 Å². The Morgan fingerprint density at radius 3 is 2.73 bits per heavy atom. The zero-order chi connectivity index (χ0) is 18.1. The molecule has 26 heavy (non-hydrogen) atoms. The minimum absolute atomic E-state index is 0.0342. The van der Waals surface area contributed by atoms with Gasteiger partial charge in [-0.15, -0.1) is 10.2 Å². The van der Waals surface area contributed by atoms with E-state index >= 15 is 0 Å². The van der Waals surface area contributed by atoms with Gasteiger partial charge in [0.1, 0.15) is 11.3 Å². The highest BCUT2D eigenvalue weighted by molar-refractivity contribution is 7.15. The summed E-state index contributed by atoms with van der Waals surface area (Å²) in [6, 6.07) is 1.72. The minimum atomic E-state index is -0.199. The van der Waals surface area contributed by atoms with E-state index in [1.54, 1.807) is 17.4 Å². The van der Waals surface area contributed by atoms with Crippen molar-refractivity contribution in [1.29, 1.82) is 0 Å². The number of carbonyl (C=O) groups is 1. The van der Waals surface area contributed by atoms with Crippen LogP contribution in [-0.2, 0) is 4.74 Å². The Morgan fingerprint density at radius 2 is 2.08 bits per heavy atom. The van der Waals surface area contributed by atoms with Crippen LogP contribution in [0.2, 0.25) is 0 Å². The van der Waals surface area contributed by atoms with Gasteiger partial charge in [-0.25, -0.2) is 0 Å². The Balaban J connectivity index is 1.40.